The van der Waals surface area contributed by atoms with E-state index in [-0.39, 0.29) is 12.0 Å². The predicted octanol–water partition coefficient (Wildman–Crippen LogP) is 2.61. The van der Waals surface area contributed by atoms with Gasteiger partial charge in [-0.05, 0) is 30.4 Å². The third kappa shape index (κ3) is 3.72. The molecule has 1 fully saturated rings. The summed E-state index contributed by atoms with van der Waals surface area (Å²) in [6, 6.07) is 7.01. The number of aromatic nitrogens is 2. The average molecular weight is 301 g/mol. The molecule has 0 radical (unpaired) electrons. The fraction of sp³-hybridized carbons (Fsp3) is 0.267. The molecule has 0 saturated carbocycles. The van der Waals surface area contributed by atoms with Crippen molar-refractivity contribution in [3.63, 3.8) is 0 Å². The van der Waals surface area contributed by atoms with Gasteiger partial charge in [-0.25, -0.2) is 4.98 Å². The number of carbonyl (C=O) groups is 1. The molecule has 0 aromatic carbocycles. The van der Waals surface area contributed by atoms with E-state index in [1.54, 1.807) is 36.7 Å². The Morgan fingerprint density at radius 2 is 2.29 bits per heavy atom. The number of nitrogens with one attached hydrogen (secondary N) is 1. The quantitative estimate of drug-likeness (QED) is 0.940. The monoisotopic (exact) mass is 301 g/mol. The number of pyridine rings is 2. The van der Waals surface area contributed by atoms with Crippen LogP contribution in [0, 0.1) is 0 Å². The number of hydrogen-bond donors (Lipinski definition) is 1. The zero-order chi connectivity index (χ0) is 14.5. The molecule has 1 aliphatic rings. The molecule has 0 unspecified atom stereocenters. The van der Waals surface area contributed by atoms with Gasteiger partial charge in [0.2, 0.25) is 5.88 Å². The summed E-state index contributed by atoms with van der Waals surface area (Å²) in [7, 11) is 0. The molecule has 6 heteroatoms. The molecule has 1 aliphatic heterocycles. The lowest BCUT2D eigenvalue weighted by atomic mass is 10.2. The molecule has 1 amide bonds. The van der Waals surface area contributed by atoms with Crippen molar-refractivity contribution in [3.05, 3.63) is 48.4 Å². The van der Waals surface area contributed by atoms with Gasteiger partial charge in [-0.3, -0.25) is 9.78 Å². The first-order valence-corrected chi connectivity index (χ1v) is 7.88. The number of thioether (sulfide) groups is 1. The molecule has 2 aromatic rings. The van der Waals surface area contributed by atoms with Crippen LogP contribution in [0.4, 0.5) is 5.69 Å². The molecule has 5 nitrogen and oxygen atoms in total. The van der Waals surface area contributed by atoms with Crippen LogP contribution in [0.1, 0.15) is 16.8 Å². The standard InChI is InChI=1S/C15H15N3O2S/c19-15(18-12-2-1-6-16-9-12)11-3-4-14(17-8-11)20-13-5-7-21-10-13/h1-4,6,8-9,13H,5,7,10H2,(H,18,19)/t13-/m0/s1. The van der Waals surface area contributed by atoms with Gasteiger partial charge >= 0.3 is 0 Å². The number of rotatable bonds is 4. The Balaban J connectivity index is 1.62. The van der Waals surface area contributed by atoms with Gasteiger partial charge < -0.3 is 10.1 Å². The highest BCUT2D eigenvalue weighted by Gasteiger charge is 2.17. The Bertz CT molecular complexity index is 598. The Hall–Kier alpha value is -2.08. The van der Waals surface area contributed by atoms with E-state index in [1.807, 2.05) is 11.8 Å². The number of ether oxygens (including phenoxy) is 1. The van der Waals surface area contributed by atoms with Crippen molar-refractivity contribution >= 4 is 23.4 Å². The smallest absolute Gasteiger partial charge is 0.257 e. The summed E-state index contributed by atoms with van der Waals surface area (Å²) in [5.74, 6) is 2.50. The lowest BCUT2D eigenvalue weighted by Gasteiger charge is -2.11. The minimum Gasteiger partial charge on any atom is -0.473 e. The maximum Gasteiger partial charge on any atom is 0.257 e. The second-order valence-corrected chi connectivity index (χ2v) is 5.83. The largest absolute Gasteiger partial charge is 0.473 e. The highest BCUT2D eigenvalue weighted by molar-refractivity contribution is 7.99. The summed E-state index contributed by atoms with van der Waals surface area (Å²) in [5.41, 5.74) is 1.15. The van der Waals surface area contributed by atoms with Gasteiger partial charge in [0.25, 0.3) is 5.91 Å². The zero-order valence-corrected chi connectivity index (χ0v) is 12.2. The van der Waals surface area contributed by atoms with Gasteiger partial charge in [-0.2, -0.15) is 11.8 Å². The van der Waals surface area contributed by atoms with Crippen molar-refractivity contribution in [1.29, 1.82) is 0 Å². The average Bonchev–Trinajstić information content (AvgIpc) is 3.02. The highest BCUT2D eigenvalue weighted by atomic mass is 32.2. The normalized spacial score (nSPS) is 17.4. The molecule has 1 atom stereocenters. The molecule has 0 spiro atoms. The van der Waals surface area contributed by atoms with E-state index >= 15 is 0 Å². The van der Waals surface area contributed by atoms with Crippen LogP contribution >= 0.6 is 11.8 Å². The van der Waals surface area contributed by atoms with Gasteiger partial charge in [0.05, 0.1) is 17.4 Å². The minimum atomic E-state index is -0.210. The number of hydrogen-bond acceptors (Lipinski definition) is 5. The van der Waals surface area contributed by atoms with Gasteiger partial charge in [0, 0.05) is 24.2 Å². The first-order chi connectivity index (χ1) is 10.3. The summed E-state index contributed by atoms with van der Waals surface area (Å²) >= 11 is 1.89. The van der Waals surface area contributed by atoms with E-state index in [0.29, 0.717) is 17.1 Å². The van der Waals surface area contributed by atoms with E-state index in [4.69, 9.17) is 4.74 Å². The van der Waals surface area contributed by atoms with E-state index in [0.717, 1.165) is 17.9 Å². The topological polar surface area (TPSA) is 64.1 Å². The van der Waals surface area contributed by atoms with Crippen LogP contribution in [-0.4, -0.2) is 33.5 Å². The maximum absolute atomic E-state index is 12.0. The Morgan fingerprint density at radius 1 is 1.33 bits per heavy atom. The van der Waals surface area contributed by atoms with Crippen LogP contribution < -0.4 is 10.1 Å². The minimum absolute atomic E-state index is 0.210. The summed E-state index contributed by atoms with van der Waals surface area (Å²) in [5, 5.41) is 2.77. The first-order valence-electron chi connectivity index (χ1n) is 6.73. The molecule has 3 rings (SSSR count). The van der Waals surface area contributed by atoms with E-state index in [1.165, 1.54) is 6.20 Å². The van der Waals surface area contributed by atoms with Gasteiger partial charge in [0.1, 0.15) is 6.10 Å². The summed E-state index contributed by atoms with van der Waals surface area (Å²) < 4.78 is 5.75. The van der Waals surface area contributed by atoms with Crippen molar-refractivity contribution in [1.82, 2.24) is 9.97 Å². The van der Waals surface area contributed by atoms with Crippen molar-refractivity contribution in [2.45, 2.75) is 12.5 Å². The summed E-state index contributed by atoms with van der Waals surface area (Å²) in [4.78, 5) is 20.2. The Kier molecular flexibility index (Phi) is 4.35. The zero-order valence-electron chi connectivity index (χ0n) is 11.4. The van der Waals surface area contributed by atoms with Gasteiger partial charge in [0.15, 0.2) is 0 Å². The van der Waals surface area contributed by atoms with Crippen molar-refractivity contribution in [3.8, 4) is 5.88 Å². The molecular weight excluding hydrogens is 286 g/mol. The molecule has 1 N–H and O–H groups in total. The molecule has 21 heavy (non-hydrogen) atoms. The van der Waals surface area contributed by atoms with Crippen molar-refractivity contribution in [2.75, 3.05) is 16.8 Å². The second kappa shape index (κ2) is 6.58. The van der Waals surface area contributed by atoms with Gasteiger partial charge in [-0.1, -0.05) is 0 Å². The van der Waals surface area contributed by atoms with Gasteiger partial charge in [-0.15, -0.1) is 0 Å². The third-order valence-electron chi connectivity index (χ3n) is 3.09. The Morgan fingerprint density at radius 3 is 2.95 bits per heavy atom. The van der Waals surface area contributed by atoms with Crippen LogP contribution in [0.2, 0.25) is 0 Å². The van der Waals surface area contributed by atoms with Crippen molar-refractivity contribution in [2.24, 2.45) is 0 Å². The summed E-state index contributed by atoms with van der Waals surface area (Å²) in [6.45, 7) is 0. The molecule has 0 bridgehead atoms. The van der Waals surface area contributed by atoms with Crippen LogP contribution in [0.25, 0.3) is 0 Å². The van der Waals surface area contributed by atoms with E-state index in [9.17, 15) is 4.79 Å². The number of anilines is 1. The molecule has 1 saturated heterocycles. The lowest BCUT2D eigenvalue weighted by Crippen LogP contribution is -2.16. The summed E-state index contributed by atoms with van der Waals surface area (Å²) in [6.07, 6.45) is 6.07. The Labute approximate surface area is 127 Å². The highest BCUT2D eigenvalue weighted by Crippen LogP contribution is 2.22. The first kappa shape index (κ1) is 13.9. The lowest BCUT2D eigenvalue weighted by molar-refractivity contribution is 0.102. The van der Waals surface area contributed by atoms with E-state index in [2.05, 4.69) is 15.3 Å². The molecule has 3 heterocycles. The third-order valence-corrected chi connectivity index (χ3v) is 4.23. The fourth-order valence-electron chi connectivity index (χ4n) is 2.00. The fourth-order valence-corrected chi connectivity index (χ4v) is 3.09. The van der Waals surface area contributed by atoms with E-state index < -0.39 is 0 Å². The molecule has 2 aromatic heterocycles. The van der Waals surface area contributed by atoms with Crippen molar-refractivity contribution < 1.29 is 9.53 Å². The number of nitrogens with zero attached hydrogens (tertiary/aromatic N) is 2. The van der Waals surface area contributed by atoms with Crippen LogP contribution in [-0.2, 0) is 0 Å². The van der Waals surface area contributed by atoms with Crippen LogP contribution in [0.5, 0.6) is 5.88 Å². The molecular formula is C15H15N3O2S. The van der Waals surface area contributed by atoms with Crippen LogP contribution in [0.3, 0.4) is 0 Å². The predicted molar refractivity (Wildman–Crippen MR) is 82.8 cm³/mol. The SMILES string of the molecule is O=C(Nc1cccnc1)c1ccc(O[C@H]2CCSC2)nc1. The second-order valence-electron chi connectivity index (χ2n) is 4.68. The number of carbonyl (C=O) groups excluding carboxylic acids is 1. The molecule has 108 valence electrons. The molecule has 0 aliphatic carbocycles. The van der Waals surface area contributed by atoms with Crippen LogP contribution in [0.15, 0.2) is 42.9 Å². The number of amides is 1. The maximum atomic E-state index is 12.0.